The lowest BCUT2D eigenvalue weighted by Crippen LogP contribution is -2.27. The van der Waals surface area contributed by atoms with Gasteiger partial charge in [0.25, 0.3) is 0 Å². The quantitative estimate of drug-likeness (QED) is 0.841. The van der Waals surface area contributed by atoms with E-state index in [1.54, 1.807) is 11.8 Å². The van der Waals surface area contributed by atoms with E-state index in [-0.39, 0.29) is 11.2 Å². The van der Waals surface area contributed by atoms with Crippen LogP contribution in [-0.4, -0.2) is 12.5 Å². The molecule has 1 N–H and O–H groups in total. The molecule has 1 atom stereocenters. The van der Waals surface area contributed by atoms with Gasteiger partial charge in [-0.1, -0.05) is 48.5 Å². The van der Waals surface area contributed by atoms with Gasteiger partial charge in [0.1, 0.15) is 5.25 Å². The summed E-state index contributed by atoms with van der Waals surface area (Å²) in [6, 6.07) is 19.9. The van der Waals surface area contributed by atoms with Crippen molar-refractivity contribution in [2.75, 3.05) is 6.54 Å². The third-order valence-electron chi connectivity index (χ3n) is 2.69. The first-order chi connectivity index (χ1) is 9.31. The van der Waals surface area contributed by atoms with E-state index in [0.29, 0.717) is 6.54 Å². The van der Waals surface area contributed by atoms with Crippen molar-refractivity contribution < 1.29 is 4.79 Å². The summed E-state index contributed by atoms with van der Waals surface area (Å²) in [5.41, 5.74) is 1.03. The van der Waals surface area contributed by atoms with Gasteiger partial charge in [-0.25, -0.2) is 0 Å². The van der Waals surface area contributed by atoms with Crippen LogP contribution >= 0.6 is 11.8 Å². The highest BCUT2D eigenvalue weighted by atomic mass is 32.2. The van der Waals surface area contributed by atoms with Gasteiger partial charge < -0.3 is 5.32 Å². The molecule has 0 spiro atoms. The Balaban J connectivity index is 2.22. The number of likely N-dealkylation sites (N-methyl/N-ethyl adjacent to an activating group) is 1. The summed E-state index contributed by atoms with van der Waals surface area (Å²) in [5.74, 6) is 0.0579. The molecule has 0 saturated heterocycles. The fourth-order valence-electron chi connectivity index (χ4n) is 1.80. The van der Waals surface area contributed by atoms with Crippen molar-refractivity contribution in [3.8, 4) is 0 Å². The summed E-state index contributed by atoms with van der Waals surface area (Å²) in [5, 5.41) is 2.70. The molecule has 2 nitrogen and oxygen atoms in total. The molecule has 0 aliphatic rings. The Labute approximate surface area is 118 Å². The maximum Gasteiger partial charge on any atom is 0.237 e. The first-order valence-electron chi connectivity index (χ1n) is 6.35. The number of thioether (sulfide) groups is 1. The molecule has 0 aliphatic heterocycles. The molecule has 1 amide bonds. The largest absolute Gasteiger partial charge is 0.355 e. The van der Waals surface area contributed by atoms with Crippen LogP contribution in [0.3, 0.4) is 0 Å². The van der Waals surface area contributed by atoms with E-state index >= 15 is 0 Å². The average molecular weight is 271 g/mol. The van der Waals surface area contributed by atoms with Crippen LogP contribution < -0.4 is 5.32 Å². The number of amides is 1. The number of benzene rings is 2. The molecule has 0 aliphatic carbocycles. The van der Waals surface area contributed by atoms with Crippen LogP contribution in [0.5, 0.6) is 0 Å². The first-order valence-corrected chi connectivity index (χ1v) is 7.23. The molecule has 0 aromatic heterocycles. The number of carbonyl (C=O) groups is 1. The van der Waals surface area contributed by atoms with Crippen molar-refractivity contribution >= 4 is 17.7 Å². The molecule has 0 heterocycles. The Kier molecular flexibility index (Phi) is 5.04. The lowest BCUT2D eigenvalue weighted by Gasteiger charge is -2.16. The van der Waals surface area contributed by atoms with Gasteiger partial charge in [0, 0.05) is 11.4 Å². The number of hydrogen-bond acceptors (Lipinski definition) is 2. The number of nitrogens with one attached hydrogen (secondary N) is 1. The Morgan fingerprint density at radius 3 is 2.21 bits per heavy atom. The zero-order valence-corrected chi connectivity index (χ0v) is 11.7. The molecule has 2 rings (SSSR count). The second kappa shape index (κ2) is 7.00. The summed E-state index contributed by atoms with van der Waals surface area (Å²) >= 11 is 1.58. The van der Waals surface area contributed by atoms with E-state index in [1.807, 2.05) is 67.6 Å². The van der Waals surface area contributed by atoms with Crippen LogP contribution in [0.2, 0.25) is 0 Å². The summed E-state index contributed by atoms with van der Waals surface area (Å²) in [7, 11) is 0. The maximum absolute atomic E-state index is 12.2. The zero-order valence-electron chi connectivity index (χ0n) is 10.9. The molecule has 0 saturated carbocycles. The molecular formula is C16H17NOS. The van der Waals surface area contributed by atoms with Crippen molar-refractivity contribution in [3.63, 3.8) is 0 Å². The van der Waals surface area contributed by atoms with Crippen LogP contribution in [0, 0.1) is 0 Å². The summed E-state index contributed by atoms with van der Waals surface area (Å²) < 4.78 is 0. The molecule has 0 unspecified atom stereocenters. The van der Waals surface area contributed by atoms with Crippen LogP contribution in [0.25, 0.3) is 0 Å². The average Bonchev–Trinajstić information content (AvgIpc) is 2.47. The van der Waals surface area contributed by atoms with Crippen LogP contribution in [0.15, 0.2) is 65.6 Å². The summed E-state index contributed by atoms with van der Waals surface area (Å²) in [6.45, 7) is 2.59. The van der Waals surface area contributed by atoms with Crippen LogP contribution in [0.4, 0.5) is 0 Å². The Morgan fingerprint density at radius 2 is 1.63 bits per heavy atom. The van der Waals surface area contributed by atoms with Gasteiger partial charge in [-0.05, 0) is 24.6 Å². The zero-order chi connectivity index (χ0) is 13.5. The van der Waals surface area contributed by atoms with Crippen LogP contribution in [-0.2, 0) is 4.79 Å². The Bertz CT molecular complexity index is 513. The van der Waals surface area contributed by atoms with E-state index < -0.39 is 0 Å². The standard InChI is InChI=1S/C16H17NOS/c1-2-17-16(18)15(13-9-5-3-6-10-13)19-14-11-7-4-8-12-14/h3-12,15H,2H2,1H3,(H,17,18)/t15-/m0/s1. The third kappa shape index (κ3) is 3.86. The highest BCUT2D eigenvalue weighted by molar-refractivity contribution is 8.00. The third-order valence-corrected chi connectivity index (χ3v) is 3.95. The number of rotatable bonds is 5. The fraction of sp³-hybridized carbons (Fsp3) is 0.188. The highest BCUT2D eigenvalue weighted by Crippen LogP contribution is 2.35. The first kappa shape index (κ1) is 13.7. The topological polar surface area (TPSA) is 29.1 Å². The van der Waals surface area contributed by atoms with Gasteiger partial charge in [0.2, 0.25) is 5.91 Å². The van der Waals surface area contributed by atoms with Gasteiger partial charge in [-0.15, -0.1) is 11.8 Å². The Morgan fingerprint density at radius 1 is 1.05 bits per heavy atom. The minimum Gasteiger partial charge on any atom is -0.355 e. The molecule has 0 fully saturated rings. The lowest BCUT2D eigenvalue weighted by atomic mass is 10.1. The van der Waals surface area contributed by atoms with Crippen molar-refractivity contribution in [1.29, 1.82) is 0 Å². The monoisotopic (exact) mass is 271 g/mol. The summed E-state index contributed by atoms with van der Waals surface area (Å²) in [6.07, 6.45) is 0. The summed E-state index contributed by atoms with van der Waals surface area (Å²) in [4.78, 5) is 13.3. The second-order valence-corrected chi connectivity index (χ2v) is 5.29. The Hall–Kier alpha value is -1.74. The normalized spacial score (nSPS) is 11.8. The predicted molar refractivity (Wildman–Crippen MR) is 80.2 cm³/mol. The van der Waals surface area contributed by atoms with Crippen molar-refractivity contribution in [2.45, 2.75) is 17.1 Å². The van der Waals surface area contributed by atoms with Gasteiger partial charge in [0.15, 0.2) is 0 Å². The second-order valence-electron chi connectivity index (χ2n) is 4.12. The van der Waals surface area contributed by atoms with Crippen molar-refractivity contribution in [3.05, 3.63) is 66.2 Å². The van der Waals surface area contributed by atoms with Gasteiger partial charge in [0.05, 0.1) is 0 Å². The molecule has 2 aromatic carbocycles. The van der Waals surface area contributed by atoms with E-state index in [4.69, 9.17) is 0 Å². The smallest absolute Gasteiger partial charge is 0.237 e. The SMILES string of the molecule is CCNC(=O)[C@@H](Sc1ccccc1)c1ccccc1. The van der Waals surface area contributed by atoms with Crippen molar-refractivity contribution in [1.82, 2.24) is 5.32 Å². The molecule has 3 heteroatoms. The van der Waals surface area contributed by atoms with E-state index in [9.17, 15) is 4.79 Å². The minimum atomic E-state index is -0.205. The molecule has 0 bridgehead atoms. The molecule has 0 radical (unpaired) electrons. The van der Waals surface area contributed by atoms with E-state index in [0.717, 1.165) is 10.5 Å². The maximum atomic E-state index is 12.2. The number of hydrogen-bond donors (Lipinski definition) is 1. The molecule has 19 heavy (non-hydrogen) atoms. The lowest BCUT2D eigenvalue weighted by molar-refractivity contribution is -0.120. The van der Waals surface area contributed by atoms with Crippen molar-refractivity contribution in [2.24, 2.45) is 0 Å². The molecular weight excluding hydrogens is 254 g/mol. The molecule has 98 valence electrons. The van der Waals surface area contributed by atoms with E-state index in [2.05, 4.69) is 5.32 Å². The minimum absolute atomic E-state index is 0.0579. The molecule has 2 aromatic rings. The van der Waals surface area contributed by atoms with E-state index in [1.165, 1.54) is 0 Å². The predicted octanol–water partition coefficient (Wildman–Crippen LogP) is 3.66. The number of carbonyl (C=O) groups excluding carboxylic acids is 1. The van der Waals surface area contributed by atoms with Gasteiger partial charge in [-0.2, -0.15) is 0 Å². The fourth-order valence-corrected chi connectivity index (χ4v) is 2.87. The van der Waals surface area contributed by atoms with Gasteiger partial charge in [-0.3, -0.25) is 4.79 Å². The highest BCUT2D eigenvalue weighted by Gasteiger charge is 2.20. The van der Waals surface area contributed by atoms with Crippen LogP contribution in [0.1, 0.15) is 17.7 Å². The van der Waals surface area contributed by atoms with Gasteiger partial charge >= 0.3 is 0 Å².